The number of nitrogens with zero attached hydrogens (tertiary/aromatic N) is 3. The van der Waals surface area contributed by atoms with Gasteiger partial charge in [0.05, 0.1) is 11.7 Å². The van der Waals surface area contributed by atoms with Gasteiger partial charge in [-0.3, -0.25) is 9.58 Å². The van der Waals surface area contributed by atoms with Crippen molar-refractivity contribution in [2.75, 3.05) is 13.1 Å². The molecule has 1 aromatic heterocycles. The van der Waals surface area contributed by atoms with Gasteiger partial charge >= 0.3 is 0 Å². The number of hydrogen-bond acceptors (Lipinski definition) is 3. The first-order valence-corrected chi connectivity index (χ1v) is 7.24. The van der Waals surface area contributed by atoms with Crippen LogP contribution in [0.1, 0.15) is 51.3 Å². The Morgan fingerprint density at radius 2 is 2.22 bits per heavy atom. The van der Waals surface area contributed by atoms with Crippen LogP contribution in [-0.4, -0.2) is 33.8 Å². The van der Waals surface area contributed by atoms with Gasteiger partial charge in [-0.15, -0.1) is 0 Å². The van der Waals surface area contributed by atoms with Crippen molar-refractivity contribution in [2.45, 2.75) is 58.2 Å². The highest BCUT2D eigenvalue weighted by Gasteiger charge is 2.17. The van der Waals surface area contributed by atoms with Gasteiger partial charge in [0, 0.05) is 25.3 Å². The lowest BCUT2D eigenvalue weighted by atomic mass is 10.1. The molecule has 1 unspecified atom stereocenters. The molecule has 1 aromatic rings. The van der Waals surface area contributed by atoms with Crippen molar-refractivity contribution in [3.63, 3.8) is 0 Å². The van der Waals surface area contributed by atoms with Gasteiger partial charge in [0.1, 0.15) is 0 Å². The van der Waals surface area contributed by atoms with E-state index in [1.165, 1.54) is 18.5 Å². The topological polar surface area (TPSA) is 47.1 Å². The standard InChI is InChI=1S/C14H26N4/c1-3-14(4-2)18-9-7-13(16-18)11-17-8-5-6-12(15)10-17/h7,9,12,14H,3-6,8,10-11,15H2,1-2H3. The molecule has 2 heterocycles. The first-order chi connectivity index (χ1) is 8.72. The smallest absolute Gasteiger partial charge is 0.0764 e. The SMILES string of the molecule is CCC(CC)n1ccc(CN2CCCC(N)C2)n1. The summed E-state index contributed by atoms with van der Waals surface area (Å²) < 4.78 is 2.12. The van der Waals surface area contributed by atoms with Crippen molar-refractivity contribution in [2.24, 2.45) is 5.73 Å². The van der Waals surface area contributed by atoms with E-state index >= 15 is 0 Å². The lowest BCUT2D eigenvalue weighted by Gasteiger charge is -2.29. The van der Waals surface area contributed by atoms with Gasteiger partial charge in [-0.1, -0.05) is 13.8 Å². The van der Waals surface area contributed by atoms with Gasteiger partial charge in [-0.05, 0) is 38.3 Å². The maximum Gasteiger partial charge on any atom is 0.0764 e. The Morgan fingerprint density at radius 1 is 1.44 bits per heavy atom. The summed E-state index contributed by atoms with van der Waals surface area (Å²) >= 11 is 0. The van der Waals surface area contributed by atoms with Crippen LogP contribution in [-0.2, 0) is 6.54 Å². The molecule has 0 amide bonds. The lowest BCUT2D eigenvalue weighted by Crippen LogP contribution is -2.42. The molecule has 0 aromatic carbocycles. The second-order valence-corrected chi connectivity index (χ2v) is 5.39. The average Bonchev–Trinajstić information content (AvgIpc) is 2.79. The summed E-state index contributed by atoms with van der Waals surface area (Å²) in [5.74, 6) is 0. The molecule has 0 radical (unpaired) electrons. The minimum atomic E-state index is 0.347. The van der Waals surface area contributed by atoms with Crippen molar-refractivity contribution >= 4 is 0 Å². The number of hydrogen-bond donors (Lipinski definition) is 1. The van der Waals surface area contributed by atoms with Crippen LogP contribution < -0.4 is 5.73 Å². The summed E-state index contributed by atoms with van der Waals surface area (Å²) in [5, 5.41) is 4.71. The van der Waals surface area contributed by atoms with Crippen LogP contribution in [0.3, 0.4) is 0 Å². The molecule has 4 heteroatoms. The maximum absolute atomic E-state index is 6.01. The van der Waals surface area contributed by atoms with Crippen LogP contribution in [0.15, 0.2) is 12.3 Å². The minimum Gasteiger partial charge on any atom is -0.327 e. The fourth-order valence-corrected chi connectivity index (χ4v) is 2.79. The molecule has 0 aliphatic carbocycles. The van der Waals surface area contributed by atoms with Gasteiger partial charge in [0.15, 0.2) is 0 Å². The zero-order chi connectivity index (χ0) is 13.0. The van der Waals surface area contributed by atoms with E-state index in [0.29, 0.717) is 12.1 Å². The van der Waals surface area contributed by atoms with E-state index in [-0.39, 0.29) is 0 Å². The third-order valence-corrected chi connectivity index (χ3v) is 3.91. The Balaban J connectivity index is 1.93. The monoisotopic (exact) mass is 250 g/mol. The van der Waals surface area contributed by atoms with Crippen molar-refractivity contribution in [1.29, 1.82) is 0 Å². The van der Waals surface area contributed by atoms with Gasteiger partial charge < -0.3 is 5.73 Å². The summed E-state index contributed by atoms with van der Waals surface area (Å²) in [5.41, 5.74) is 7.18. The molecule has 2 rings (SSSR count). The fraction of sp³-hybridized carbons (Fsp3) is 0.786. The molecule has 1 aliphatic heterocycles. The van der Waals surface area contributed by atoms with Gasteiger partial charge in [0.25, 0.3) is 0 Å². The Bertz CT molecular complexity index is 356. The molecule has 1 fully saturated rings. The molecule has 0 spiro atoms. The van der Waals surface area contributed by atoms with Crippen molar-refractivity contribution in [1.82, 2.24) is 14.7 Å². The van der Waals surface area contributed by atoms with E-state index in [0.717, 1.165) is 32.5 Å². The number of rotatable bonds is 5. The third-order valence-electron chi connectivity index (χ3n) is 3.91. The molecule has 2 N–H and O–H groups in total. The highest BCUT2D eigenvalue weighted by molar-refractivity contribution is 5.00. The molecule has 0 bridgehead atoms. The summed E-state index contributed by atoms with van der Waals surface area (Å²) in [6.07, 6.45) is 6.79. The zero-order valence-corrected chi connectivity index (χ0v) is 11.7. The van der Waals surface area contributed by atoms with E-state index in [9.17, 15) is 0 Å². The molecule has 1 saturated heterocycles. The molecule has 1 aliphatic rings. The summed E-state index contributed by atoms with van der Waals surface area (Å²) in [4.78, 5) is 2.42. The lowest BCUT2D eigenvalue weighted by molar-refractivity contribution is 0.198. The van der Waals surface area contributed by atoms with Crippen LogP contribution in [0.25, 0.3) is 0 Å². The Hall–Kier alpha value is -0.870. The van der Waals surface area contributed by atoms with Crippen molar-refractivity contribution < 1.29 is 0 Å². The van der Waals surface area contributed by atoms with Crippen LogP contribution >= 0.6 is 0 Å². The second kappa shape index (κ2) is 6.34. The summed E-state index contributed by atoms with van der Waals surface area (Å²) in [6.45, 7) is 7.56. The Morgan fingerprint density at radius 3 is 2.89 bits per heavy atom. The van der Waals surface area contributed by atoms with Crippen molar-refractivity contribution in [3.8, 4) is 0 Å². The zero-order valence-electron chi connectivity index (χ0n) is 11.7. The largest absolute Gasteiger partial charge is 0.327 e. The Kier molecular flexibility index (Phi) is 4.78. The molecular weight excluding hydrogens is 224 g/mol. The highest BCUT2D eigenvalue weighted by Crippen LogP contribution is 2.16. The van der Waals surface area contributed by atoms with Crippen LogP contribution in [0.4, 0.5) is 0 Å². The first-order valence-electron chi connectivity index (χ1n) is 7.24. The van der Waals surface area contributed by atoms with Crippen LogP contribution in [0.5, 0.6) is 0 Å². The minimum absolute atomic E-state index is 0.347. The fourth-order valence-electron chi connectivity index (χ4n) is 2.79. The predicted molar refractivity (Wildman–Crippen MR) is 74.3 cm³/mol. The van der Waals surface area contributed by atoms with Crippen LogP contribution in [0, 0.1) is 0 Å². The molecule has 4 nitrogen and oxygen atoms in total. The Labute approximate surface area is 110 Å². The van der Waals surface area contributed by atoms with Crippen LogP contribution in [0.2, 0.25) is 0 Å². The van der Waals surface area contributed by atoms with Gasteiger partial charge in [-0.25, -0.2) is 0 Å². The quantitative estimate of drug-likeness (QED) is 0.871. The van der Waals surface area contributed by atoms with E-state index in [1.807, 2.05) is 0 Å². The van der Waals surface area contributed by atoms with E-state index < -0.39 is 0 Å². The highest BCUT2D eigenvalue weighted by atomic mass is 15.3. The van der Waals surface area contributed by atoms with Crippen molar-refractivity contribution in [3.05, 3.63) is 18.0 Å². The summed E-state index contributed by atoms with van der Waals surface area (Å²) in [6, 6.07) is 3.04. The van der Waals surface area contributed by atoms with Gasteiger partial charge in [-0.2, -0.15) is 5.10 Å². The van der Waals surface area contributed by atoms with Gasteiger partial charge in [0.2, 0.25) is 0 Å². The summed E-state index contributed by atoms with van der Waals surface area (Å²) in [7, 11) is 0. The predicted octanol–water partition coefficient (Wildman–Crippen LogP) is 2.17. The van der Waals surface area contributed by atoms with E-state index in [1.54, 1.807) is 0 Å². The molecule has 102 valence electrons. The molecule has 1 atom stereocenters. The average molecular weight is 250 g/mol. The van der Waals surface area contributed by atoms with E-state index in [2.05, 4.69) is 35.7 Å². The second-order valence-electron chi connectivity index (χ2n) is 5.39. The third kappa shape index (κ3) is 3.33. The first kappa shape index (κ1) is 13.6. The molecule has 18 heavy (non-hydrogen) atoms. The number of aromatic nitrogens is 2. The molecule has 0 saturated carbocycles. The maximum atomic E-state index is 6.01. The number of nitrogens with two attached hydrogens (primary N) is 1. The number of likely N-dealkylation sites (tertiary alicyclic amines) is 1. The molecular formula is C14H26N4. The normalized spacial score (nSPS) is 21.7. The van der Waals surface area contributed by atoms with E-state index in [4.69, 9.17) is 10.8 Å². The number of piperidine rings is 1.